The molecular weight excluding hydrogens is 278 g/mol. The molecule has 0 N–H and O–H groups in total. The highest BCUT2D eigenvalue weighted by molar-refractivity contribution is 5.90. The maximum Gasteiger partial charge on any atom is 0.304 e. The summed E-state index contributed by atoms with van der Waals surface area (Å²) in [5.74, 6) is -1.05. The van der Waals surface area contributed by atoms with E-state index in [1.54, 1.807) is 4.90 Å². The van der Waals surface area contributed by atoms with Crippen LogP contribution in [0.15, 0.2) is 0 Å². The van der Waals surface area contributed by atoms with Crippen LogP contribution >= 0.6 is 0 Å². The van der Waals surface area contributed by atoms with Gasteiger partial charge in [0.15, 0.2) is 5.60 Å². The zero-order valence-corrected chi connectivity index (χ0v) is 12.1. The molecule has 5 heterocycles. The average molecular weight is 295 g/mol. The number of hydrogen-bond donors (Lipinski definition) is 0. The van der Waals surface area contributed by atoms with Crippen LogP contribution in [0.3, 0.4) is 0 Å². The molecule has 7 heteroatoms. The number of fused-ring (bicyclic) bond motifs is 1. The maximum absolute atomic E-state index is 12.4. The standard InChI is InChI=1S/C14H17NO6/c1-6-10-14-9(4-13(6,21-14)5-19-7(2)16)11(18)15(10)12(14)20-8(3)17/h6,9-10,12H,4-5H2,1-3H3. The summed E-state index contributed by atoms with van der Waals surface area (Å²) in [6.07, 6.45) is -0.105. The van der Waals surface area contributed by atoms with Gasteiger partial charge in [-0.3, -0.25) is 19.3 Å². The van der Waals surface area contributed by atoms with Crippen molar-refractivity contribution in [1.82, 2.24) is 4.90 Å². The smallest absolute Gasteiger partial charge is 0.304 e. The number of ether oxygens (including phenoxy) is 3. The zero-order chi connectivity index (χ0) is 15.2. The van der Waals surface area contributed by atoms with E-state index in [0.717, 1.165) is 0 Å². The molecule has 114 valence electrons. The van der Waals surface area contributed by atoms with Crippen molar-refractivity contribution in [2.75, 3.05) is 6.61 Å². The van der Waals surface area contributed by atoms with Crippen LogP contribution in [0.5, 0.6) is 0 Å². The second-order valence-corrected chi connectivity index (χ2v) is 6.50. The van der Waals surface area contributed by atoms with Gasteiger partial charge in [0.05, 0.1) is 12.0 Å². The Bertz CT molecular complexity index is 576. The topological polar surface area (TPSA) is 82.1 Å². The molecule has 5 saturated heterocycles. The molecule has 1 spiro atoms. The Morgan fingerprint density at radius 3 is 2.71 bits per heavy atom. The molecular formula is C14H17NO6. The molecule has 6 atom stereocenters. The Kier molecular flexibility index (Phi) is 2.22. The number of rotatable bonds is 3. The molecule has 0 aromatic rings. The van der Waals surface area contributed by atoms with Gasteiger partial charge in [-0.25, -0.2) is 0 Å². The summed E-state index contributed by atoms with van der Waals surface area (Å²) in [5.41, 5.74) is -1.37. The quantitative estimate of drug-likeness (QED) is 0.672. The first-order valence-electron chi connectivity index (χ1n) is 7.16. The number of hydrogen-bond acceptors (Lipinski definition) is 6. The van der Waals surface area contributed by atoms with Crippen molar-refractivity contribution in [1.29, 1.82) is 0 Å². The lowest BCUT2D eigenvalue weighted by Gasteiger charge is -2.51. The second kappa shape index (κ2) is 3.58. The molecule has 0 aromatic heterocycles. The molecule has 7 nitrogen and oxygen atoms in total. The van der Waals surface area contributed by atoms with E-state index in [4.69, 9.17) is 14.2 Å². The minimum Gasteiger partial charge on any atom is -0.463 e. The van der Waals surface area contributed by atoms with Crippen molar-refractivity contribution < 1.29 is 28.6 Å². The molecule has 3 bridgehead atoms. The number of nitrogens with zero attached hydrogens (tertiary/aromatic N) is 1. The van der Waals surface area contributed by atoms with E-state index < -0.39 is 23.4 Å². The molecule has 6 unspecified atom stereocenters. The van der Waals surface area contributed by atoms with Crippen molar-refractivity contribution >= 4 is 17.8 Å². The van der Waals surface area contributed by atoms with Gasteiger partial charge < -0.3 is 14.2 Å². The molecule has 0 radical (unpaired) electrons. The van der Waals surface area contributed by atoms with E-state index in [1.165, 1.54) is 13.8 Å². The van der Waals surface area contributed by atoms with Crippen LogP contribution in [0.4, 0.5) is 0 Å². The van der Waals surface area contributed by atoms with Crippen molar-refractivity contribution in [3.05, 3.63) is 0 Å². The summed E-state index contributed by atoms with van der Waals surface area (Å²) in [4.78, 5) is 36.4. The fraction of sp³-hybridized carbons (Fsp3) is 0.786. The first-order valence-corrected chi connectivity index (χ1v) is 7.16. The summed E-state index contributed by atoms with van der Waals surface area (Å²) in [7, 11) is 0. The van der Waals surface area contributed by atoms with Crippen LogP contribution in [0, 0.1) is 11.8 Å². The zero-order valence-electron chi connectivity index (χ0n) is 12.1. The highest BCUT2D eigenvalue weighted by Gasteiger charge is 2.89. The fourth-order valence-electron chi connectivity index (χ4n) is 4.76. The van der Waals surface area contributed by atoms with E-state index in [0.29, 0.717) is 6.42 Å². The molecule has 5 fully saturated rings. The van der Waals surface area contributed by atoms with Crippen molar-refractivity contribution in [2.24, 2.45) is 11.8 Å². The first-order chi connectivity index (χ1) is 9.83. The van der Waals surface area contributed by atoms with Crippen LogP contribution in [0.25, 0.3) is 0 Å². The Morgan fingerprint density at radius 2 is 2.10 bits per heavy atom. The van der Waals surface area contributed by atoms with E-state index >= 15 is 0 Å². The van der Waals surface area contributed by atoms with Gasteiger partial charge in [-0.1, -0.05) is 6.92 Å². The van der Waals surface area contributed by atoms with Crippen molar-refractivity contribution in [3.8, 4) is 0 Å². The third-order valence-electron chi connectivity index (χ3n) is 5.53. The number of carbonyl (C=O) groups is 3. The number of amides is 1. The molecule has 5 aliphatic heterocycles. The normalized spacial score (nSPS) is 48.3. The predicted octanol–water partition coefficient (Wildman–Crippen LogP) is -0.173. The molecule has 0 aliphatic carbocycles. The first kappa shape index (κ1) is 13.1. The van der Waals surface area contributed by atoms with Crippen LogP contribution < -0.4 is 0 Å². The van der Waals surface area contributed by atoms with Crippen LogP contribution in [0.2, 0.25) is 0 Å². The van der Waals surface area contributed by atoms with Crippen LogP contribution in [0.1, 0.15) is 27.2 Å². The Hall–Kier alpha value is -1.63. The minimum atomic E-state index is -0.734. The monoisotopic (exact) mass is 295 g/mol. The van der Waals surface area contributed by atoms with Crippen molar-refractivity contribution in [2.45, 2.75) is 50.7 Å². The number of carbonyl (C=O) groups excluding carboxylic acids is 3. The second-order valence-electron chi connectivity index (χ2n) is 6.50. The third kappa shape index (κ3) is 1.23. The lowest BCUT2D eigenvalue weighted by molar-refractivity contribution is -0.241. The van der Waals surface area contributed by atoms with Crippen LogP contribution in [-0.2, 0) is 28.6 Å². The summed E-state index contributed by atoms with van der Waals surface area (Å²) in [6.45, 7) is 4.83. The highest BCUT2D eigenvalue weighted by Crippen LogP contribution is 2.71. The average Bonchev–Trinajstić information content (AvgIpc) is 2.97. The van der Waals surface area contributed by atoms with E-state index in [9.17, 15) is 14.4 Å². The molecule has 5 aliphatic rings. The van der Waals surface area contributed by atoms with Gasteiger partial charge in [0, 0.05) is 19.8 Å². The van der Waals surface area contributed by atoms with Gasteiger partial charge in [0.25, 0.3) is 0 Å². The fourth-order valence-corrected chi connectivity index (χ4v) is 4.76. The van der Waals surface area contributed by atoms with Crippen molar-refractivity contribution in [3.63, 3.8) is 0 Å². The van der Waals surface area contributed by atoms with Gasteiger partial charge in [-0.2, -0.15) is 0 Å². The van der Waals surface area contributed by atoms with Gasteiger partial charge in [-0.05, 0) is 6.42 Å². The van der Waals surface area contributed by atoms with E-state index in [-0.39, 0.29) is 36.4 Å². The molecule has 21 heavy (non-hydrogen) atoms. The largest absolute Gasteiger partial charge is 0.463 e. The van der Waals surface area contributed by atoms with Gasteiger partial charge in [0.2, 0.25) is 12.1 Å². The minimum absolute atomic E-state index is 0.0136. The SMILES string of the molecule is CC(=O)OCC12CC3C(=O)N4C(OC(C)=O)C3(O1)C4C2C. The van der Waals surface area contributed by atoms with Gasteiger partial charge in [0.1, 0.15) is 12.2 Å². The summed E-state index contributed by atoms with van der Waals surface area (Å²) in [5, 5.41) is 0. The predicted molar refractivity (Wildman–Crippen MR) is 66.6 cm³/mol. The van der Waals surface area contributed by atoms with E-state index in [1.807, 2.05) is 6.92 Å². The molecule has 0 aromatic carbocycles. The van der Waals surface area contributed by atoms with Gasteiger partial charge >= 0.3 is 11.9 Å². The van der Waals surface area contributed by atoms with Gasteiger partial charge in [-0.15, -0.1) is 0 Å². The Morgan fingerprint density at radius 1 is 1.38 bits per heavy atom. The Balaban J connectivity index is 1.67. The summed E-state index contributed by atoms with van der Waals surface area (Å²) < 4.78 is 16.7. The summed E-state index contributed by atoms with van der Waals surface area (Å²) >= 11 is 0. The molecule has 0 saturated carbocycles. The lowest BCUT2D eigenvalue weighted by Crippen LogP contribution is -2.71. The maximum atomic E-state index is 12.4. The van der Waals surface area contributed by atoms with Crippen LogP contribution in [-0.4, -0.2) is 52.8 Å². The summed E-state index contributed by atoms with van der Waals surface area (Å²) in [6, 6.07) is -0.0799. The number of esters is 2. The highest BCUT2D eigenvalue weighted by atomic mass is 16.6. The molecule has 1 amide bonds. The van der Waals surface area contributed by atoms with E-state index in [2.05, 4.69) is 0 Å². The Labute approximate surface area is 121 Å². The lowest BCUT2D eigenvalue weighted by atomic mass is 9.65. The molecule has 5 rings (SSSR count). The third-order valence-corrected chi connectivity index (χ3v) is 5.53.